The Morgan fingerprint density at radius 2 is 1.47 bits per heavy atom. The number of benzene rings is 2. The first-order valence-corrected chi connectivity index (χ1v) is 9.99. The van der Waals surface area contributed by atoms with Gasteiger partial charge in [0, 0.05) is 5.56 Å². The van der Waals surface area contributed by atoms with Gasteiger partial charge in [0.1, 0.15) is 27.4 Å². The van der Waals surface area contributed by atoms with Gasteiger partial charge in [-0.2, -0.15) is 35.4 Å². The molecule has 0 fully saturated rings. The highest BCUT2D eigenvalue weighted by molar-refractivity contribution is 7.13. The summed E-state index contributed by atoms with van der Waals surface area (Å²) in [4.78, 5) is 12.9. The van der Waals surface area contributed by atoms with Gasteiger partial charge < -0.3 is 9.47 Å². The highest BCUT2D eigenvalue weighted by Gasteiger charge is 2.36. The Morgan fingerprint density at radius 1 is 0.882 bits per heavy atom. The van der Waals surface area contributed by atoms with E-state index >= 15 is 0 Å². The molecule has 2 aromatic heterocycles. The zero-order chi connectivity index (χ0) is 24.8. The van der Waals surface area contributed by atoms with Crippen molar-refractivity contribution in [3.05, 3.63) is 57.9 Å². The third-order valence-corrected chi connectivity index (χ3v) is 5.62. The minimum absolute atomic E-state index is 0.00892. The highest BCUT2D eigenvalue weighted by atomic mass is 32.1. The van der Waals surface area contributed by atoms with Gasteiger partial charge in [-0.25, -0.2) is 0 Å². The van der Waals surface area contributed by atoms with Gasteiger partial charge in [-0.05, 0) is 47.9 Å². The Labute approximate surface area is 190 Å². The van der Waals surface area contributed by atoms with E-state index in [2.05, 4.69) is 14.7 Å². The largest absolute Gasteiger partial charge is 0.496 e. The summed E-state index contributed by atoms with van der Waals surface area (Å²) in [6, 6.07) is 6.13. The maximum atomic E-state index is 13.4. The molecule has 0 unspecified atom stereocenters. The fourth-order valence-electron chi connectivity index (χ4n) is 3.23. The lowest BCUT2D eigenvalue weighted by atomic mass is 10.1. The molecule has 0 saturated carbocycles. The molecule has 0 aliphatic rings. The average molecular weight is 502 g/mol. The van der Waals surface area contributed by atoms with Crippen molar-refractivity contribution in [2.75, 3.05) is 14.2 Å². The fraction of sp³-hybridized carbons (Fsp3) is 0.200. The topological polar surface area (TPSA) is 79.1 Å². The zero-order valence-corrected chi connectivity index (χ0v) is 18.0. The van der Waals surface area contributed by atoms with Crippen LogP contribution in [-0.4, -0.2) is 33.6 Å². The minimum Gasteiger partial charge on any atom is -0.496 e. The standard InChI is InChI=1S/C20H12F6N4O3S/c1-32-13-5-3-9(7-11(13)19(21,22)23)15-16-17(34-28-15)18(31)30(29-27-16)10-4-6-14(33-2)12(8-10)20(24,25)26/h3-8H,1-2H3. The first-order chi connectivity index (χ1) is 16.0. The molecule has 0 radical (unpaired) electrons. The summed E-state index contributed by atoms with van der Waals surface area (Å²) < 4.78 is 94.2. The number of halogens is 6. The lowest BCUT2D eigenvalue weighted by Crippen LogP contribution is -2.22. The molecule has 0 aliphatic carbocycles. The number of hydrogen-bond donors (Lipinski definition) is 0. The Balaban J connectivity index is 1.85. The van der Waals surface area contributed by atoms with Gasteiger partial charge in [0.05, 0.1) is 31.0 Å². The molecule has 2 heterocycles. The van der Waals surface area contributed by atoms with Crippen molar-refractivity contribution in [3.63, 3.8) is 0 Å². The molecule has 34 heavy (non-hydrogen) atoms. The summed E-state index contributed by atoms with van der Waals surface area (Å²) in [5.74, 6) is -0.845. The van der Waals surface area contributed by atoms with Crippen LogP contribution >= 0.6 is 11.5 Å². The van der Waals surface area contributed by atoms with Crippen LogP contribution in [0.5, 0.6) is 11.5 Å². The smallest absolute Gasteiger partial charge is 0.420 e. The second-order valence-corrected chi connectivity index (χ2v) is 7.58. The van der Waals surface area contributed by atoms with Crippen LogP contribution in [0.25, 0.3) is 27.2 Å². The number of alkyl halides is 6. The molecule has 2 aromatic carbocycles. The quantitative estimate of drug-likeness (QED) is 0.367. The number of hydrogen-bond acceptors (Lipinski definition) is 7. The van der Waals surface area contributed by atoms with E-state index in [0.29, 0.717) is 22.3 Å². The lowest BCUT2D eigenvalue weighted by molar-refractivity contribution is -0.139. The lowest BCUT2D eigenvalue weighted by Gasteiger charge is -2.13. The SMILES string of the molecule is COc1ccc(-c2nsc3c(=O)n(-c4ccc(OC)c(C(F)(F)F)c4)nnc23)cc1C(F)(F)F. The number of fused-ring (bicyclic) bond motifs is 1. The van der Waals surface area contributed by atoms with Crippen LogP contribution in [0.15, 0.2) is 41.2 Å². The summed E-state index contributed by atoms with van der Waals surface area (Å²) in [7, 11) is 2.17. The number of methoxy groups -OCH3 is 2. The molecule has 0 spiro atoms. The maximum Gasteiger partial charge on any atom is 0.420 e. The molecule has 4 rings (SSSR count). The molecule has 0 atom stereocenters. The average Bonchev–Trinajstić information content (AvgIpc) is 3.22. The molecule has 0 saturated heterocycles. The van der Waals surface area contributed by atoms with Crippen LogP contribution < -0.4 is 15.0 Å². The molecule has 14 heteroatoms. The maximum absolute atomic E-state index is 13.4. The van der Waals surface area contributed by atoms with Crippen molar-refractivity contribution in [2.45, 2.75) is 12.4 Å². The third kappa shape index (κ3) is 4.04. The monoisotopic (exact) mass is 502 g/mol. The van der Waals surface area contributed by atoms with Crippen molar-refractivity contribution in [2.24, 2.45) is 0 Å². The van der Waals surface area contributed by atoms with Crippen LogP contribution in [0.3, 0.4) is 0 Å². The van der Waals surface area contributed by atoms with E-state index in [9.17, 15) is 31.1 Å². The number of ether oxygens (including phenoxy) is 2. The molecule has 4 aromatic rings. The summed E-state index contributed by atoms with van der Waals surface area (Å²) in [6.45, 7) is 0. The van der Waals surface area contributed by atoms with Crippen LogP contribution in [0.1, 0.15) is 11.1 Å². The van der Waals surface area contributed by atoms with E-state index in [-0.39, 0.29) is 27.2 Å². The number of rotatable bonds is 4. The number of aromatic nitrogens is 4. The van der Waals surface area contributed by atoms with Crippen LogP contribution in [0.2, 0.25) is 0 Å². The van der Waals surface area contributed by atoms with Gasteiger partial charge in [0.2, 0.25) is 0 Å². The molecule has 0 N–H and O–H groups in total. The van der Waals surface area contributed by atoms with Gasteiger partial charge in [-0.3, -0.25) is 4.79 Å². The predicted molar refractivity (Wildman–Crippen MR) is 109 cm³/mol. The molecule has 7 nitrogen and oxygen atoms in total. The van der Waals surface area contributed by atoms with Crippen LogP contribution in [0.4, 0.5) is 26.3 Å². The molecule has 0 bridgehead atoms. The summed E-state index contributed by atoms with van der Waals surface area (Å²) in [6.07, 6.45) is -9.47. The Morgan fingerprint density at radius 3 is 2.06 bits per heavy atom. The number of nitrogens with zero attached hydrogens (tertiary/aromatic N) is 4. The van der Waals surface area contributed by atoms with Crippen molar-refractivity contribution in [3.8, 4) is 28.4 Å². The fourth-order valence-corrected chi connectivity index (χ4v) is 3.99. The third-order valence-electron chi connectivity index (χ3n) is 4.80. The first-order valence-electron chi connectivity index (χ1n) is 9.22. The summed E-state index contributed by atoms with van der Waals surface area (Å²) in [5, 5.41) is 7.54. The van der Waals surface area contributed by atoms with E-state index < -0.39 is 40.5 Å². The summed E-state index contributed by atoms with van der Waals surface area (Å²) in [5.41, 5.74) is -3.35. The van der Waals surface area contributed by atoms with Crippen molar-refractivity contribution in [1.82, 2.24) is 19.4 Å². The normalized spacial score (nSPS) is 12.2. The second kappa shape index (κ2) is 8.27. The highest BCUT2D eigenvalue weighted by Crippen LogP contribution is 2.40. The van der Waals surface area contributed by atoms with E-state index in [1.54, 1.807) is 0 Å². The molecular formula is C20H12F6N4O3S. The zero-order valence-electron chi connectivity index (χ0n) is 17.2. The van der Waals surface area contributed by atoms with E-state index in [1.807, 2.05) is 0 Å². The minimum atomic E-state index is -4.76. The van der Waals surface area contributed by atoms with E-state index in [0.717, 1.165) is 32.4 Å². The van der Waals surface area contributed by atoms with Crippen molar-refractivity contribution >= 4 is 21.7 Å². The molecular weight excluding hydrogens is 490 g/mol. The van der Waals surface area contributed by atoms with Crippen molar-refractivity contribution < 1.29 is 35.8 Å². The van der Waals surface area contributed by atoms with Gasteiger partial charge in [-0.15, -0.1) is 5.10 Å². The van der Waals surface area contributed by atoms with E-state index in [4.69, 9.17) is 9.47 Å². The van der Waals surface area contributed by atoms with Gasteiger partial charge in [0.15, 0.2) is 0 Å². The summed E-state index contributed by atoms with van der Waals surface area (Å²) >= 11 is 0.640. The van der Waals surface area contributed by atoms with Crippen LogP contribution in [-0.2, 0) is 12.4 Å². The molecule has 0 aliphatic heterocycles. The Hall–Kier alpha value is -3.68. The van der Waals surface area contributed by atoms with Gasteiger partial charge in [-0.1, -0.05) is 5.21 Å². The molecule has 0 amide bonds. The Bertz CT molecular complexity index is 1450. The van der Waals surface area contributed by atoms with Crippen LogP contribution in [0, 0.1) is 0 Å². The van der Waals surface area contributed by atoms with Crippen molar-refractivity contribution in [1.29, 1.82) is 0 Å². The van der Waals surface area contributed by atoms with Gasteiger partial charge in [0.25, 0.3) is 5.56 Å². The Kier molecular flexibility index (Phi) is 5.71. The second-order valence-electron chi connectivity index (χ2n) is 6.81. The first kappa shape index (κ1) is 23.5. The molecule has 178 valence electrons. The predicted octanol–water partition coefficient (Wildman–Crippen LogP) is 4.96. The van der Waals surface area contributed by atoms with E-state index in [1.165, 1.54) is 12.1 Å². The van der Waals surface area contributed by atoms with Gasteiger partial charge >= 0.3 is 12.4 Å².